The molecule has 1 aromatic carbocycles. The number of nitrogens with zero attached hydrogens (tertiary/aromatic N) is 1. The normalized spacial score (nSPS) is 13.8. The molecule has 3 aromatic rings. The van der Waals surface area contributed by atoms with Gasteiger partial charge < -0.3 is 9.72 Å². The molecule has 1 N–H and O–H groups in total. The molecule has 0 bridgehead atoms. The lowest BCUT2D eigenvalue weighted by Gasteiger charge is -2.12. The first-order valence-electron chi connectivity index (χ1n) is 9.14. The molecule has 0 aliphatic heterocycles. The average molecular weight is 433 g/mol. The third-order valence-corrected chi connectivity index (χ3v) is 6.46. The molecule has 136 valence electrons. The standard InChI is InChI=1S/C20H21BrN2O2S/c1-2-3-10-25-15-9-8-12(21)11-14(15)18-22-19(24)17-13-6-4-5-7-16(13)26-20(17)23-18/h8-9,11H,2-7,10H2,1H3,(H,22,23,24). The number of aryl methyl sites for hydroxylation is 2. The van der Waals surface area contributed by atoms with E-state index in [2.05, 4.69) is 27.8 Å². The number of halogens is 1. The summed E-state index contributed by atoms with van der Waals surface area (Å²) in [6, 6.07) is 5.84. The fourth-order valence-electron chi connectivity index (χ4n) is 3.43. The van der Waals surface area contributed by atoms with Gasteiger partial charge in [0.2, 0.25) is 0 Å². The van der Waals surface area contributed by atoms with Gasteiger partial charge >= 0.3 is 0 Å². The lowest BCUT2D eigenvalue weighted by molar-refractivity contribution is 0.310. The van der Waals surface area contributed by atoms with Crippen LogP contribution in [0.5, 0.6) is 5.75 Å². The molecular weight excluding hydrogens is 412 g/mol. The number of fused-ring (bicyclic) bond motifs is 3. The van der Waals surface area contributed by atoms with Crippen molar-refractivity contribution in [2.24, 2.45) is 0 Å². The molecule has 6 heteroatoms. The summed E-state index contributed by atoms with van der Waals surface area (Å²) in [6.45, 7) is 2.79. The van der Waals surface area contributed by atoms with Gasteiger partial charge in [-0.15, -0.1) is 11.3 Å². The van der Waals surface area contributed by atoms with Crippen molar-refractivity contribution >= 4 is 37.5 Å². The highest BCUT2D eigenvalue weighted by Crippen LogP contribution is 2.36. The number of rotatable bonds is 5. The van der Waals surface area contributed by atoms with Crippen LogP contribution in [0.25, 0.3) is 21.6 Å². The molecule has 2 aromatic heterocycles. The van der Waals surface area contributed by atoms with E-state index in [0.29, 0.717) is 12.4 Å². The lowest BCUT2D eigenvalue weighted by Crippen LogP contribution is -2.11. The molecule has 26 heavy (non-hydrogen) atoms. The molecule has 0 saturated heterocycles. The van der Waals surface area contributed by atoms with Crippen molar-refractivity contribution in [3.8, 4) is 17.1 Å². The zero-order valence-corrected chi connectivity index (χ0v) is 17.1. The first-order chi connectivity index (χ1) is 12.7. The van der Waals surface area contributed by atoms with Crippen molar-refractivity contribution < 1.29 is 4.74 Å². The van der Waals surface area contributed by atoms with Gasteiger partial charge in [0, 0.05) is 9.35 Å². The number of aromatic amines is 1. The number of aromatic nitrogens is 2. The number of unbranched alkanes of at least 4 members (excludes halogenated alkanes) is 1. The van der Waals surface area contributed by atoms with Crippen LogP contribution in [0.3, 0.4) is 0 Å². The van der Waals surface area contributed by atoms with E-state index in [1.54, 1.807) is 11.3 Å². The minimum absolute atomic E-state index is 0.0381. The van der Waals surface area contributed by atoms with Crippen LogP contribution in [0.15, 0.2) is 27.5 Å². The van der Waals surface area contributed by atoms with Crippen molar-refractivity contribution in [3.05, 3.63) is 43.5 Å². The van der Waals surface area contributed by atoms with Crippen molar-refractivity contribution in [1.29, 1.82) is 0 Å². The minimum Gasteiger partial charge on any atom is -0.493 e. The fraction of sp³-hybridized carbons (Fsp3) is 0.400. The fourth-order valence-corrected chi connectivity index (χ4v) is 5.05. The first kappa shape index (κ1) is 17.7. The Morgan fingerprint density at radius 1 is 1.31 bits per heavy atom. The van der Waals surface area contributed by atoms with Crippen LogP contribution in [0.2, 0.25) is 0 Å². The molecule has 0 amide bonds. The third-order valence-electron chi connectivity index (χ3n) is 4.78. The lowest BCUT2D eigenvalue weighted by atomic mass is 9.97. The monoisotopic (exact) mass is 432 g/mol. The molecule has 0 spiro atoms. The summed E-state index contributed by atoms with van der Waals surface area (Å²) in [4.78, 5) is 22.8. The number of benzene rings is 1. The van der Waals surface area contributed by atoms with Crippen molar-refractivity contribution in [2.45, 2.75) is 45.4 Å². The van der Waals surface area contributed by atoms with Gasteiger partial charge in [-0.2, -0.15) is 0 Å². The maximum atomic E-state index is 12.8. The SMILES string of the molecule is CCCCOc1ccc(Br)cc1-c1nc2sc3c(c2c(=O)[nH]1)CCCC3. The maximum Gasteiger partial charge on any atom is 0.260 e. The quantitative estimate of drug-likeness (QED) is 0.543. The van der Waals surface area contributed by atoms with E-state index in [0.717, 1.165) is 58.1 Å². The smallest absolute Gasteiger partial charge is 0.260 e. The van der Waals surface area contributed by atoms with Crippen LogP contribution in [-0.4, -0.2) is 16.6 Å². The van der Waals surface area contributed by atoms with Gasteiger partial charge in [0.15, 0.2) is 0 Å². The summed E-state index contributed by atoms with van der Waals surface area (Å²) in [5.41, 5.74) is 2.00. The Morgan fingerprint density at radius 2 is 2.15 bits per heavy atom. The zero-order chi connectivity index (χ0) is 18.1. The van der Waals surface area contributed by atoms with Gasteiger partial charge in [-0.3, -0.25) is 4.79 Å². The summed E-state index contributed by atoms with van der Waals surface area (Å²) in [5.74, 6) is 1.33. The Hall–Kier alpha value is -1.66. The number of nitrogens with one attached hydrogen (secondary N) is 1. The van der Waals surface area contributed by atoms with Crippen LogP contribution in [0, 0.1) is 0 Å². The van der Waals surface area contributed by atoms with Gasteiger partial charge in [0.1, 0.15) is 16.4 Å². The molecule has 0 atom stereocenters. The van der Waals surface area contributed by atoms with Crippen LogP contribution >= 0.6 is 27.3 Å². The van der Waals surface area contributed by atoms with Crippen molar-refractivity contribution in [1.82, 2.24) is 9.97 Å². The van der Waals surface area contributed by atoms with E-state index in [1.807, 2.05) is 18.2 Å². The summed E-state index contributed by atoms with van der Waals surface area (Å²) < 4.78 is 6.87. The molecule has 2 heterocycles. The second-order valence-electron chi connectivity index (χ2n) is 6.65. The summed E-state index contributed by atoms with van der Waals surface area (Å²) in [7, 11) is 0. The Labute approximate surface area is 164 Å². The predicted molar refractivity (Wildman–Crippen MR) is 110 cm³/mol. The van der Waals surface area contributed by atoms with E-state index in [1.165, 1.54) is 16.9 Å². The average Bonchev–Trinajstić information content (AvgIpc) is 3.02. The van der Waals surface area contributed by atoms with Crippen LogP contribution in [-0.2, 0) is 12.8 Å². The molecule has 0 fully saturated rings. The van der Waals surface area contributed by atoms with Crippen LogP contribution < -0.4 is 10.3 Å². The molecule has 4 nitrogen and oxygen atoms in total. The van der Waals surface area contributed by atoms with Crippen molar-refractivity contribution in [3.63, 3.8) is 0 Å². The molecular formula is C20H21BrN2O2S. The number of hydrogen-bond donors (Lipinski definition) is 1. The topological polar surface area (TPSA) is 55.0 Å². The number of ether oxygens (including phenoxy) is 1. The molecule has 0 radical (unpaired) electrons. The first-order valence-corrected chi connectivity index (χ1v) is 10.8. The van der Waals surface area contributed by atoms with E-state index in [4.69, 9.17) is 9.72 Å². The molecule has 1 aliphatic carbocycles. The highest BCUT2D eigenvalue weighted by Gasteiger charge is 2.21. The van der Waals surface area contributed by atoms with Crippen molar-refractivity contribution in [2.75, 3.05) is 6.61 Å². The molecule has 4 rings (SSSR count). The second-order valence-corrected chi connectivity index (χ2v) is 8.65. The molecule has 1 aliphatic rings. The van der Waals surface area contributed by atoms with Crippen LogP contribution in [0.4, 0.5) is 0 Å². The van der Waals surface area contributed by atoms with Gasteiger partial charge in [-0.25, -0.2) is 4.98 Å². The largest absolute Gasteiger partial charge is 0.493 e. The number of hydrogen-bond acceptors (Lipinski definition) is 4. The van der Waals surface area contributed by atoms with Gasteiger partial charge in [-0.1, -0.05) is 29.3 Å². The summed E-state index contributed by atoms with van der Waals surface area (Å²) in [5, 5.41) is 0.789. The van der Waals surface area contributed by atoms with Gasteiger partial charge in [0.05, 0.1) is 17.6 Å². The number of thiophene rings is 1. The summed E-state index contributed by atoms with van der Waals surface area (Å²) in [6.07, 6.45) is 6.48. The van der Waals surface area contributed by atoms with E-state index < -0.39 is 0 Å². The maximum absolute atomic E-state index is 12.8. The molecule has 0 saturated carbocycles. The van der Waals surface area contributed by atoms with E-state index in [-0.39, 0.29) is 5.56 Å². The van der Waals surface area contributed by atoms with E-state index in [9.17, 15) is 4.79 Å². The predicted octanol–water partition coefficient (Wildman–Crippen LogP) is 5.47. The Kier molecular flexibility index (Phi) is 5.14. The van der Waals surface area contributed by atoms with Gasteiger partial charge in [0.25, 0.3) is 5.56 Å². The number of H-pyrrole nitrogens is 1. The minimum atomic E-state index is -0.0381. The Balaban J connectivity index is 1.82. The van der Waals surface area contributed by atoms with Gasteiger partial charge in [-0.05, 0) is 55.9 Å². The Morgan fingerprint density at radius 3 is 3.00 bits per heavy atom. The zero-order valence-electron chi connectivity index (χ0n) is 14.7. The second kappa shape index (κ2) is 7.53. The Bertz CT molecular complexity index is 1010. The molecule has 0 unspecified atom stereocenters. The highest BCUT2D eigenvalue weighted by atomic mass is 79.9. The van der Waals surface area contributed by atoms with Crippen LogP contribution in [0.1, 0.15) is 43.0 Å². The third kappa shape index (κ3) is 3.32. The summed E-state index contributed by atoms with van der Waals surface area (Å²) >= 11 is 5.19. The van der Waals surface area contributed by atoms with E-state index >= 15 is 0 Å². The highest BCUT2D eigenvalue weighted by molar-refractivity contribution is 9.10.